The molecule has 1 aromatic heterocycles. The zero-order chi connectivity index (χ0) is 20.9. The van der Waals surface area contributed by atoms with Gasteiger partial charge in [-0.15, -0.1) is 0 Å². The Labute approximate surface area is 174 Å². The minimum Gasteiger partial charge on any atom is -0.478 e. The number of aromatic carboxylic acids is 1. The number of hydrogen-bond donors (Lipinski definition) is 1. The maximum absolute atomic E-state index is 12.9. The summed E-state index contributed by atoms with van der Waals surface area (Å²) in [6.07, 6.45) is 1.72. The molecule has 0 saturated carbocycles. The predicted octanol–water partition coefficient (Wildman–Crippen LogP) is 2.98. The number of benzene rings is 2. The number of thioether (sulfide) groups is 1. The van der Waals surface area contributed by atoms with Gasteiger partial charge in [0.1, 0.15) is 0 Å². The summed E-state index contributed by atoms with van der Waals surface area (Å²) in [5.41, 5.74) is 2.69. The van der Waals surface area contributed by atoms with Crippen LogP contribution in [0.3, 0.4) is 0 Å². The first-order chi connectivity index (χ1) is 13.8. The standard InChI is InChI=1S/C20H15N3O4S2/c1-21-14-7-6-11(8-15(14)22(2)19(21)27)9-16-17(24)23(20(28)29-16)13-5-3-4-12(10-13)18(25)26/h3-10H,1-2H3,(H,25,26). The summed E-state index contributed by atoms with van der Waals surface area (Å²) >= 11 is 6.50. The number of thiocarbonyl (C=S) groups is 1. The van der Waals surface area contributed by atoms with Crippen LogP contribution in [0.5, 0.6) is 0 Å². The van der Waals surface area contributed by atoms with Gasteiger partial charge >= 0.3 is 11.7 Å². The van der Waals surface area contributed by atoms with E-state index >= 15 is 0 Å². The number of carboxylic acids is 1. The molecule has 0 aliphatic carbocycles. The number of imidazole rings is 1. The lowest BCUT2D eigenvalue weighted by molar-refractivity contribution is -0.113. The van der Waals surface area contributed by atoms with E-state index in [9.17, 15) is 19.5 Å². The minimum absolute atomic E-state index is 0.0796. The van der Waals surface area contributed by atoms with Crippen molar-refractivity contribution in [1.82, 2.24) is 9.13 Å². The van der Waals surface area contributed by atoms with Crippen LogP contribution in [0.25, 0.3) is 17.1 Å². The molecule has 1 aliphatic rings. The monoisotopic (exact) mass is 425 g/mol. The van der Waals surface area contributed by atoms with Crippen LogP contribution >= 0.6 is 24.0 Å². The first kappa shape index (κ1) is 19.2. The van der Waals surface area contributed by atoms with Gasteiger partial charge in [0.05, 0.1) is 27.2 Å². The largest absolute Gasteiger partial charge is 0.478 e. The van der Waals surface area contributed by atoms with E-state index in [0.29, 0.717) is 14.9 Å². The minimum atomic E-state index is -1.07. The van der Waals surface area contributed by atoms with Crippen molar-refractivity contribution in [2.75, 3.05) is 4.90 Å². The molecule has 0 bridgehead atoms. The molecule has 1 amide bonds. The highest BCUT2D eigenvalue weighted by atomic mass is 32.2. The number of fused-ring (bicyclic) bond motifs is 1. The van der Waals surface area contributed by atoms with Crippen molar-refractivity contribution >= 4 is 63.0 Å². The third-order valence-corrected chi connectivity index (χ3v) is 6.04. The van der Waals surface area contributed by atoms with E-state index in [1.807, 2.05) is 18.2 Å². The lowest BCUT2D eigenvalue weighted by Crippen LogP contribution is -2.27. The number of aryl methyl sites for hydroxylation is 2. The molecule has 2 heterocycles. The molecular formula is C20H15N3O4S2. The van der Waals surface area contributed by atoms with E-state index in [2.05, 4.69) is 0 Å². The van der Waals surface area contributed by atoms with Gasteiger partial charge in [-0.2, -0.15) is 0 Å². The number of hydrogen-bond acceptors (Lipinski definition) is 5. The molecule has 1 saturated heterocycles. The van der Waals surface area contributed by atoms with Crippen molar-refractivity contribution in [2.24, 2.45) is 14.1 Å². The maximum Gasteiger partial charge on any atom is 0.335 e. The summed E-state index contributed by atoms with van der Waals surface area (Å²) in [5.74, 6) is -1.39. The second-order valence-electron chi connectivity index (χ2n) is 6.52. The molecule has 146 valence electrons. The van der Waals surface area contributed by atoms with Gasteiger partial charge in [0.2, 0.25) is 0 Å². The molecule has 1 fully saturated rings. The zero-order valence-electron chi connectivity index (χ0n) is 15.4. The molecule has 3 aromatic rings. The van der Waals surface area contributed by atoms with Gasteiger partial charge < -0.3 is 5.11 Å². The van der Waals surface area contributed by atoms with Crippen molar-refractivity contribution < 1.29 is 14.7 Å². The fourth-order valence-corrected chi connectivity index (χ4v) is 4.53. The number of carboxylic acid groups (broad SMARTS) is 1. The number of rotatable bonds is 3. The quantitative estimate of drug-likeness (QED) is 0.513. The number of amides is 1. The molecule has 1 aliphatic heterocycles. The molecule has 0 radical (unpaired) electrons. The predicted molar refractivity (Wildman–Crippen MR) is 117 cm³/mol. The van der Waals surface area contributed by atoms with Crippen molar-refractivity contribution in [2.45, 2.75) is 0 Å². The van der Waals surface area contributed by atoms with Crippen LogP contribution in [0.2, 0.25) is 0 Å². The first-order valence-corrected chi connectivity index (χ1v) is 9.77. The Morgan fingerprint density at radius 1 is 1.07 bits per heavy atom. The smallest absolute Gasteiger partial charge is 0.335 e. The lowest BCUT2D eigenvalue weighted by atomic mass is 10.1. The summed E-state index contributed by atoms with van der Waals surface area (Å²) in [5, 5.41) is 9.18. The number of carbonyl (C=O) groups is 2. The second-order valence-corrected chi connectivity index (χ2v) is 8.20. The normalized spacial score (nSPS) is 15.7. The molecule has 4 rings (SSSR count). The highest BCUT2D eigenvalue weighted by Gasteiger charge is 2.33. The van der Waals surface area contributed by atoms with Crippen molar-refractivity contribution in [3.63, 3.8) is 0 Å². The van der Waals surface area contributed by atoms with E-state index in [4.69, 9.17) is 12.2 Å². The van der Waals surface area contributed by atoms with Gasteiger partial charge in [0.15, 0.2) is 4.32 Å². The number of aromatic nitrogens is 2. The van der Waals surface area contributed by atoms with E-state index in [1.165, 1.54) is 17.0 Å². The molecule has 7 nitrogen and oxygen atoms in total. The zero-order valence-corrected chi connectivity index (χ0v) is 17.1. The Kier molecular flexibility index (Phi) is 4.64. The van der Waals surface area contributed by atoms with E-state index in [-0.39, 0.29) is 17.2 Å². The molecule has 29 heavy (non-hydrogen) atoms. The third-order valence-electron chi connectivity index (χ3n) is 4.74. The summed E-state index contributed by atoms with van der Waals surface area (Å²) in [7, 11) is 3.41. The van der Waals surface area contributed by atoms with Crippen LogP contribution in [0, 0.1) is 0 Å². The van der Waals surface area contributed by atoms with Crippen LogP contribution < -0.4 is 10.6 Å². The topological polar surface area (TPSA) is 84.5 Å². The van der Waals surface area contributed by atoms with Crippen molar-refractivity contribution in [3.8, 4) is 0 Å². The number of carbonyl (C=O) groups excluding carboxylic acids is 1. The maximum atomic E-state index is 12.9. The van der Waals surface area contributed by atoms with Gasteiger partial charge in [-0.1, -0.05) is 36.1 Å². The molecule has 9 heteroatoms. The fourth-order valence-electron chi connectivity index (χ4n) is 3.23. The Morgan fingerprint density at radius 2 is 1.79 bits per heavy atom. The Bertz CT molecular complexity index is 1300. The molecule has 0 spiro atoms. The second kappa shape index (κ2) is 7.02. The van der Waals surface area contributed by atoms with Crippen LogP contribution in [-0.2, 0) is 18.9 Å². The van der Waals surface area contributed by atoms with Gasteiger partial charge in [-0.25, -0.2) is 9.59 Å². The number of nitrogens with zero attached hydrogens (tertiary/aromatic N) is 3. The van der Waals surface area contributed by atoms with Crippen LogP contribution in [0.4, 0.5) is 5.69 Å². The average molecular weight is 425 g/mol. The summed E-state index contributed by atoms with van der Waals surface area (Å²) in [4.78, 5) is 38.0. The van der Waals surface area contributed by atoms with Gasteiger partial charge in [0, 0.05) is 14.1 Å². The van der Waals surface area contributed by atoms with Crippen LogP contribution in [0.1, 0.15) is 15.9 Å². The summed E-state index contributed by atoms with van der Waals surface area (Å²) in [6.45, 7) is 0. The van der Waals surface area contributed by atoms with Gasteiger partial charge in [-0.3, -0.25) is 18.8 Å². The first-order valence-electron chi connectivity index (χ1n) is 8.54. The van der Waals surface area contributed by atoms with E-state index < -0.39 is 5.97 Å². The Hall–Kier alpha value is -3.17. The number of anilines is 1. The van der Waals surface area contributed by atoms with Crippen molar-refractivity contribution in [3.05, 3.63) is 69.0 Å². The third kappa shape index (κ3) is 3.18. The molecular weight excluding hydrogens is 410 g/mol. The SMILES string of the molecule is Cn1c(=O)n(C)c2cc(C=C3SC(=S)N(c4cccc(C(=O)O)c4)C3=O)ccc21. The summed E-state index contributed by atoms with van der Waals surface area (Å²) < 4.78 is 3.44. The Balaban J connectivity index is 1.72. The average Bonchev–Trinajstić information content (AvgIpc) is 3.09. The molecule has 1 N–H and O–H groups in total. The Morgan fingerprint density at radius 3 is 2.52 bits per heavy atom. The van der Waals surface area contributed by atoms with Crippen molar-refractivity contribution in [1.29, 1.82) is 0 Å². The van der Waals surface area contributed by atoms with Gasteiger partial charge in [-0.05, 0) is 42.0 Å². The van der Waals surface area contributed by atoms with Gasteiger partial charge in [0.25, 0.3) is 5.91 Å². The molecule has 2 aromatic carbocycles. The summed E-state index contributed by atoms with van der Waals surface area (Å²) in [6, 6.07) is 11.6. The fraction of sp³-hybridized carbons (Fsp3) is 0.100. The highest BCUT2D eigenvalue weighted by Crippen LogP contribution is 2.36. The molecule has 0 unspecified atom stereocenters. The highest BCUT2D eigenvalue weighted by molar-refractivity contribution is 8.27. The molecule has 0 atom stereocenters. The van der Waals surface area contributed by atoms with E-state index in [1.54, 1.807) is 41.4 Å². The van der Waals surface area contributed by atoms with Crippen LogP contribution in [-0.4, -0.2) is 30.4 Å². The lowest BCUT2D eigenvalue weighted by Gasteiger charge is -2.14. The van der Waals surface area contributed by atoms with Crippen LogP contribution in [0.15, 0.2) is 52.2 Å². The van der Waals surface area contributed by atoms with E-state index in [0.717, 1.165) is 28.4 Å².